The summed E-state index contributed by atoms with van der Waals surface area (Å²) >= 11 is 0. The van der Waals surface area contributed by atoms with E-state index in [1.807, 2.05) is 23.1 Å². The molecule has 4 rings (SSSR count). The molecule has 1 aromatic heterocycles. The van der Waals surface area contributed by atoms with Gasteiger partial charge in [-0.3, -0.25) is 9.59 Å². The van der Waals surface area contributed by atoms with E-state index >= 15 is 0 Å². The van der Waals surface area contributed by atoms with Crippen LogP contribution in [0.1, 0.15) is 46.5 Å². The number of anilines is 1. The quantitative estimate of drug-likeness (QED) is 0.508. The Balaban J connectivity index is 1.47. The molecule has 0 saturated carbocycles. The summed E-state index contributed by atoms with van der Waals surface area (Å²) in [5, 5.41) is 2.85. The van der Waals surface area contributed by atoms with Crippen LogP contribution < -0.4 is 10.0 Å². The number of carbonyl (C=O) groups is 2. The van der Waals surface area contributed by atoms with Gasteiger partial charge in [-0.25, -0.2) is 13.1 Å². The summed E-state index contributed by atoms with van der Waals surface area (Å²) in [5.41, 5.74) is 2.41. The Morgan fingerprint density at radius 3 is 2.71 bits per heavy atom. The summed E-state index contributed by atoms with van der Waals surface area (Å²) in [6.07, 6.45) is 3.97. The van der Waals surface area contributed by atoms with Crippen LogP contribution in [0.3, 0.4) is 0 Å². The second kappa shape index (κ2) is 10.2. The predicted octanol–water partition coefficient (Wildman–Crippen LogP) is 3.83. The second-order valence-electron chi connectivity index (χ2n) is 8.31. The number of aryl methyl sites for hydroxylation is 1. The van der Waals surface area contributed by atoms with Gasteiger partial charge >= 0.3 is 0 Å². The van der Waals surface area contributed by atoms with Gasteiger partial charge < -0.3 is 14.6 Å². The fraction of sp³-hybridized carbons (Fsp3) is 0.280. The first-order valence-corrected chi connectivity index (χ1v) is 12.6. The summed E-state index contributed by atoms with van der Waals surface area (Å²) < 4.78 is 33.1. The first kappa shape index (κ1) is 23.7. The molecule has 34 heavy (non-hydrogen) atoms. The molecule has 0 atom stereocenters. The van der Waals surface area contributed by atoms with Crippen molar-refractivity contribution in [2.45, 2.75) is 44.2 Å². The molecular formula is C25H27N3O5S. The summed E-state index contributed by atoms with van der Waals surface area (Å²) in [6.45, 7) is 3.00. The normalized spacial score (nSPS) is 14.3. The maximum atomic E-state index is 13.0. The molecule has 1 saturated heterocycles. The Kier molecular flexibility index (Phi) is 7.14. The highest BCUT2D eigenvalue weighted by atomic mass is 32.2. The molecule has 0 spiro atoms. The number of hydrogen-bond acceptors (Lipinski definition) is 5. The molecule has 0 unspecified atom stereocenters. The Hall–Kier alpha value is -3.43. The maximum absolute atomic E-state index is 13.0. The smallest absolute Gasteiger partial charge is 0.255 e. The number of likely N-dealkylation sites (tertiary alicyclic amines) is 1. The number of furan rings is 1. The van der Waals surface area contributed by atoms with Crippen molar-refractivity contribution in [2.24, 2.45) is 0 Å². The second-order valence-corrected chi connectivity index (χ2v) is 10.1. The average molecular weight is 482 g/mol. The van der Waals surface area contributed by atoms with Gasteiger partial charge in [-0.15, -0.1) is 0 Å². The SMILES string of the molecule is Cc1ccc(S(=O)(=O)NCc2ccco2)cc1C(=O)Nc1cccc(CN2CCCCC2=O)c1. The molecule has 0 radical (unpaired) electrons. The van der Waals surface area contributed by atoms with Crippen LogP contribution in [0.25, 0.3) is 0 Å². The Morgan fingerprint density at radius 1 is 1.09 bits per heavy atom. The molecule has 0 aliphatic carbocycles. The lowest BCUT2D eigenvalue weighted by molar-refractivity contribution is -0.133. The number of nitrogens with zero attached hydrogens (tertiary/aromatic N) is 1. The van der Waals surface area contributed by atoms with Crippen molar-refractivity contribution in [1.82, 2.24) is 9.62 Å². The van der Waals surface area contributed by atoms with Crippen LogP contribution in [0.15, 0.2) is 70.2 Å². The predicted molar refractivity (Wildman–Crippen MR) is 128 cm³/mol. The average Bonchev–Trinajstić information content (AvgIpc) is 3.34. The Labute approximate surface area is 199 Å². The zero-order valence-corrected chi connectivity index (χ0v) is 19.7. The number of rotatable bonds is 8. The van der Waals surface area contributed by atoms with Crippen molar-refractivity contribution < 1.29 is 22.4 Å². The molecule has 3 aromatic rings. The molecular weight excluding hydrogens is 454 g/mol. The van der Waals surface area contributed by atoms with E-state index in [1.54, 1.807) is 31.2 Å². The molecule has 178 valence electrons. The van der Waals surface area contributed by atoms with Crippen molar-refractivity contribution in [3.05, 3.63) is 83.3 Å². The minimum absolute atomic E-state index is 0.00725. The lowest BCUT2D eigenvalue weighted by Gasteiger charge is -2.26. The van der Waals surface area contributed by atoms with Crippen molar-refractivity contribution >= 4 is 27.5 Å². The van der Waals surface area contributed by atoms with Crippen LogP contribution in [0.5, 0.6) is 0 Å². The van der Waals surface area contributed by atoms with Gasteiger partial charge in [0.15, 0.2) is 0 Å². The Bertz CT molecular complexity index is 1290. The molecule has 2 amide bonds. The van der Waals surface area contributed by atoms with Crippen molar-refractivity contribution in [2.75, 3.05) is 11.9 Å². The maximum Gasteiger partial charge on any atom is 0.255 e. The highest BCUT2D eigenvalue weighted by Gasteiger charge is 2.20. The van der Waals surface area contributed by atoms with Gasteiger partial charge in [0.1, 0.15) is 5.76 Å². The van der Waals surface area contributed by atoms with E-state index in [-0.39, 0.29) is 22.9 Å². The number of nitrogens with one attached hydrogen (secondary N) is 2. The van der Waals surface area contributed by atoms with Crippen LogP contribution in [-0.2, 0) is 27.9 Å². The van der Waals surface area contributed by atoms with Crippen LogP contribution in [0, 0.1) is 6.92 Å². The highest BCUT2D eigenvalue weighted by Crippen LogP contribution is 2.20. The van der Waals surface area contributed by atoms with E-state index in [9.17, 15) is 18.0 Å². The topological polar surface area (TPSA) is 109 Å². The van der Waals surface area contributed by atoms with E-state index in [0.717, 1.165) is 24.9 Å². The van der Waals surface area contributed by atoms with Crippen LogP contribution in [-0.4, -0.2) is 31.7 Å². The minimum Gasteiger partial charge on any atom is -0.468 e. The van der Waals surface area contributed by atoms with Crippen molar-refractivity contribution in [3.8, 4) is 0 Å². The van der Waals surface area contributed by atoms with Gasteiger partial charge in [0.25, 0.3) is 5.91 Å². The zero-order valence-electron chi connectivity index (χ0n) is 18.9. The van der Waals surface area contributed by atoms with E-state index in [0.29, 0.717) is 30.0 Å². The van der Waals surface area contributed by atoms with E-state index in [4.69, 9.17) is 4.42 Å². The lowest BCUT2D eigenvalue weighted by atomic mass is 10.1. The molecule has 1 aliphatic heterocycles. The van der Waals surface area contributed by atoms with Gasteiger partial charge in [-0.05, 0) is 67.3 Å². The fourth-order valence-electron chi connectivity index (χ4n) is 3.87. The molecule has 0 bridgehead atoms. The fourth-order valence-corrected chi connectivity index (χ4v) is 4.89. The summed E-state index contributed by atoms with van der Waals surface area (Å²) in [4.78, 5) is 26.9. The number of carbonyl (C=O) groups excluding carboxylic acids is 2. The molecule has 9 heteroatoms. The lowest BCUT2D eigenvalue weighted by Crippen LogP contribution is -2.34. The molecule has 1 fully saturated rings. The Morgan fingerprint density at radius 2 is 1.94 bits per heavy atom. The van der Waals surface area contributed by atoms with Crippen LogP contribution in [0.4, 0.5) is 5.69 Å². The van der Waals surface area contributed by atoms with Gasteiger partial charge in [-0.2, -0.15) is 0 Å². The largest absolute Gasteiger partial charge is 0.468 e. The van der Waals surface area contributed by atoms with Gasteiger partial charge in [-0.1, -0.05) is 18.2 Å². The van der Waals surface area contributed by atoms with Crippen molar-refractivity contribution in [1.29, 1.82) is 0 Å². The molecule has 8 nitrogen and oxygen atoms in total. The van der Waals surface area contributed by atoms with Crippen LogP contribution >= 0.6 is 0 Å². The number of amides is 2. The van der Waals surface area contributed by atoms with E-state index in [2.05, 4.69) is 10.0 Å². The first-order valence-electron chi connectivity index (χ1n) is 11.1. The molecule has 2 aromatic carbocycles. The standard InChI is InChI=1S/C25H27N3O5S/c1-18-10-11-22(34(31,32)26-16-21-8-5-13-33-21)15-23(18)25(30)27-20-7-4-6-19(14-20)17-28-12-3-2-9-24(28)29/h4-8,10-11,13-15,26H,2-3,9,12,16-17H2,1H3,(H,27,30). The van der Waals surface area contributed by atoms with Crippen LogP contribution in [0.2, 0.25) is 0 Å². The van der Waals surface area contributed by atoms with E-state index in [1.165, 1.54) is 18.4 Å². The molecule has 2 heterocycles. The number of hydrogen-bond donors (Lipinski definition) is 2. The van der Waals surface area contributed by atoms with Gasteiger partial charge in [0.05, 0.1) is 17.7 Å². The third-order valence-electron chi connectivity index (χ3n) is 5.76. The number of benzene rings is 2. The first-order chi connectivity index (χ1) is 16.3. The number of piperidine rings is 1. The third-order valence-corrected chi connectivity index (χ3v) is 7.16. The molecule has 2 N–H and O–H groups in total. The van der Waals surface area contributed by atoms with Gasteiger partial charge in [0, 0.05) is 30.8 Å². The summed E-state index contributed by atoms with van der Waals surface area (Å²) in [5.74, 6) is 0.224. The monoisotopic (exact) mass is 481 g/mol. The van der Waals surface area contributed by atoms with E-state index < -0.39 is 15.9 Å². The third kappa shape index (κ3) is 5.73. The zero-order chi connectivity index (χ0) is 24.1. The summed E-state index contributed by atoms with van der Waals surface area (Å²) in [6, 6.07) is 15.1. The highest BCUT2D eigenvalue weighted by molar-refractivity contribution is 7.89. The van der Waals surface area contributed by atoms with Gasteiger partial charge in [0.2, 0.25) is 15.9 Å². The minimum atomic E-state index is -3.84. The van der Waals surface area contributed by atoms with Crippen molar-refractivity contribution in [3.63, 3.8) is 0 Å². The number of sulfonamides is 1. The molecule has 1 aliphatic rings. The summed E-state index contributed by atoms with van der Waals surface area (Å²) in [7, 11) is -3.84.